The maximum Gasteiger partial charge on any atom is 0.266 e. The van der Waals surface area contributed by atoms with Crippen molar-refractivity contribution >= 4 is 29.2 Å². The minimum absolute atomic E-state index is 0.0310. The molecule has 1 aromatic carbocycles. The van der Waals surface area contributed by atoms with Crippen LogP contribution in [0, 0.1) is 4.84 Å². The molecule has 3 rings (SSSR count). The van der Waals surface area contributed by atoms with Gasteiger partial charge in [-0.1, -0.05) is 0 Å². The van der Waals surface area contributed by atoms with Gasteiger partial charge in [-0.25, -0.2) is 0 Å². The van der Waals surface area contributed by atoms with Gasteiger partial charge >= 0.3 is 0 Å². The van der Waals surface area contributed by atoms with Gasteiger partial charge in [-0.05, 0) is 64.0 Å². The van der Waals surface area contributed by atoms with E-state index in [-0.39, 0.29) is 17.6 Å². The molecule has 124 valence electrons. The molecule has 0 unspecified atom stereocenters. The van der Waals surface area contributed by atoms with E-state index in [4.69, 9.17) is 21.4 Å². The number of rotatable bonds is 2. The summed E-state index contributed by atoms with van der Waals surface area (Å²) in [5.41, 5.74) is 1.92. The van der Waals surface area contributed by atoms with Crippen LogP contribution in [0.2, 0.25) is 0 Å². The fourth-order valence-corrected chi connectivity index (χ4v) is 3.14. The van der Waals surface area contributed by atoms with Gasteiger partial charge in [0, 0.05) is 18.7 Å². The van der Waals surface area contributed by atoms with Crippen LogP contribution < -0.4 is 0 Å². The molecule has 0 aliphatic carbocycles. The molecule has 1 aromatic heterocycles. The topological polar surface area (TPSA) is 58.5 Å². The summed E-state index contributed by atoms with van der Waals surface area (Å²) in [5, 5.41) is 0. The number of piperidine rings is 1. The van der Waals surface area contributed by atoms with Gasteiger partial charge in [0.15, 0.2) is 5.58 Å². The van der Waals surface area contributed by atoms with Gasteiger partial charge in [0.05, 0.1) is 17.2 Å². The zero-order valence-corrected chi connectivity index (χ0v) is 14.5. The molecule has 1 N–H and O–H groups in total. The van der Waals surface area contributed by atoms with E-state index in [1.807, 2.05) is 17.0 Å². The zero-order chi connectivity index (χ0) is 16.6. The van der Waals surface area contributed by atoms with Crippen molar-refractivity contribution in [3.63, 3.8) is 0 Å². The number of ether oxygens (including phenoxy) is 1. The molecule has 1 aliphatic heterocycles. The Morgan fingerprint density at radius 3 is 2.70 bits per heavy atom. The summed E-state index contributed by atoms with van der Waals surface area (Å²) >= 11 is 4.97. The first kappa shape index (κ1) is 16.2. The first-order chi connectivity index (χ1) is 10.8. The lowest BCUT2D eigenvalue weighted by Crippen LogP contribution is -2.42. The summed E-state index contributed by atoms with van der Waals surface area (Å²) in [6.45, 7) is 7.62. The van der Waals surface area contributed by atoms with Crippen LogP contribution in [-0.4, -0.2) is 40.6 Å². The van der Waals surface area contributed by atoms with Crippen LogP contribution in [0.15, 0.2) is 22.6 Å². The van der Waals surface area contributed by atoms with Crippen LogP contribution in [-0.2, 0) is 4.74 Å². The summed E-state index contributed by atoms with van der Waals surface area (Å²) in [7, 11) is 0. The van der Waals surface area contributed by atoms with Gasteiger partial charge < -0.3 is 19.0 Å². The van der Waals surface area contributed by atoms with E-state index in [0.717, 1.165) is 18.4 Å². The highest BCUT2D eigenvalue weighted by molar-refractivity contribution is 7.71. The lowest BCUT2D eigenvalue weighted by Gasteiger charge is -2.35. The Hall–Kier alpha value is -1.66. The second kappa shape index (κ2) is 6.09. The Kier molecular flexibility index (Phi) is 4.29. The highest BCUT2D eigenvalue weighted by atomic mass is 32.1. The van der Waals surface area contributed by atoms with Crippen LogP contribution in [0.5, 0.6) is 0 Å². The third-order valence-electron chi connectivity index (χ3n) is 3.92. The molecule has 6 heteroatoms. The number of H-pyrrole nitrogens is 1. The number of likely N-dealkylation sites (tertiary alicyclic amines) is 1. The van der Waals surface area contributed by atoms with Gasteiger partial charge in [0.1, 0.15) is 0 Å². The predicted molar refractivity (Wildman–Crippen MR) is 91.2 cm³/mol. The maximum atomic E-state index is 12.6. The Bertz CT molecular complexity index is 764. The minimum Gasteiger partial charge on any atom is -0.429 e. The smallest absolute Gasteiger partial charge is 0.266 e. The molecule has 5 nitrogen and oxygen atoms in total. The molecule has 1 saturated heterocycles. The van der Waals surface area contributed by atoms with Crippen molar-refractivity contribution in [1.82, 2.24) is 9.88 Å². The molecule has 1 aliphatic rings. The van der Waals surface area contributed by atoms with Crippen LogP contribution in [0.3, 0.4) is 0 Å². The van der Waals surface area contributed by atoms with E-state index in [9.17, 15) is 4.79 Å². The maximum absolute atomic E-state index is 12.6. The molecule has 0 bridgehead atoms. The predicted octanol–water partition coefficient (Wildman–Crippen LogP) is 3.91. The van der Waals surface area contributed by atoms with Gasteiger partial charge in [0.25, 0.3) is 10.7 Å². The van der Waals surface area contributed by atoms with E-state index < -0.39 is 0 Å². The number of nitrogens with zero attached hydrogens (tertiary/aromatic N) is 1. The minimum atomic E-state index is -0.139. The monoisotopic (exact) mass is 334 g/mol. The molecule has 23 heavy (non-hydrogen) atoms. The number of carbonyl (C=O) groups excluding carboxylic acids is 1. The van der Waals surface area contributed by atoms with Crippen LogP contribution >= 0.6 is 12.2 Å². The summed E-state index contributed by atoms with van der Waals surface area (Å²) in [5.74, 6) is 0.0310. The standard InChI is InChI=1S/C17H22N2O3S/c1-17(2,3)22-12-6-8-19(9-7-12)15(20)11-4-5-13-14(10-11)21-16(23)18-13/h4-5,10,12H,6-9H2,1-3H3,(H,18,23). The highest BCUT2D eigenvalue weighted by Crippen LogP contribution is 2.22. The normalized spacial score (nSPS) is 16.9. The highest BCUT2D eigenvalue weighted by Gasteiger charge is 2.27. The van der Waals surface area contributed by atoms with Crippen molar-refractivity contribution in [2.45, 2.75) is 45.3 Å². The Labute approximate surface area is 140 Å². The average molecular weight is 334 g/mol. The third kappa shape index (κ3) is 3.82. The van der Waals surface area contributed by atoms with Crippen molar-refractivity contribution in [2.75, 3.05) is 13.1 Å². The fraction of sp³-hybridized carbons (Fsp3) is 0.529. The number of aromatic nitrogens is 1. The SMILES string of the molecule is CC(C)(C)OC1CCN(C(=O)c2ccc3[nH]c(=S)oc3c2)CC1. The Morgan fingerprint density at radius 2 is 2.04 bits per heavy atom. The van der Waals surface area contributed by atoms with E-state index in [2.05, 4.69) is 25.8 Å². The second-order valence-electron chi connectivity index (χ2n) is 6.95. The number of fused-ring (bicyclic) bond motifs is 1. The number of nitrogens with one attached hydrogen (secondary N) is 1. The second-order valence-corrected chi connectivity index (χ2v) is 7.32. The average Bonchev–Trinajstić information content (AvgIpc) is 2.84. The van der Waals surface area contributed by atoms with Gasteiger partial charge in [0.2, 0.25) is 0 Å². The van der Waals surface area contributed by atoms with Crippen molar-refractivity contribution in [1.29, 1.82) is 0 Å². The molecule has 2 heterocycles. The fourth-order valence-electron chi connectivity index (χ4n) is 2.94. The van der Waals surface area contributed by atoms with E-state index in [1.165, 1.54) is 0 Å². The van der Waals surface area contributed by atoms with E-state index in [0.29, 0.717) is 29.1 Å². The lowest BCUT2D eigenvalue weighted by molar-refractivity contribution is -0.0791. The van der Waals surface area contributed by atoms with Gasteiger partial charge in [-0.15, -0.1) is 0 Å². The van der Waals surface area contributed by atoms with Crippen LogP contribution in [0.4, 0.5) is 0 Å². The number of carbonyl (C=O) groups is 1. The van der Waals surface area contributed by atoms with Gasteiger partial charge in [-0.3, -0.25) is 4.79 Å². The molecule has 0 atom stereocenters. The molecule has 0 spiro atoms. The summed E-state index contributed by atoms with van der Waals surface area (Å²) in [4.78, 5) is 17.8. The van der Waals surface area contributed by atoms with E-state index >= 15 is 0 Å². The summed E-state index contributed by atoms with van der Waals surface area (Å²) < 4.78 is 11.4. The zero-order valence-electron chi connectivity index (χ0n) is 13.7. The first-order valence-corrected chi connectivity index (χ1v) is 8.33. The van der Waals surface area contributed by atoms with Crippen molar-refractivity contribution in [3.05, 3.63) is 28.6 Å². The first-order valence-electron chi connectivity index (χ1n) is 7.92. The summed E-state index contributed by atoms with van der Waals surface area (Å²) in [6.07, 6.45) is 1.97. The lowest BCUT2D eigenvalue weighted by atomic mass is 10.0. The molecule has 2 aromatic rings. The molecule has 0 saturated carbocycles. The number of hydrogen-bond acceptors (Lipinski definition) is 4. The Balaban J connectivity index is 1.67. The summed E-state index contributed by atoms with van der Waals surface area (Å²) in [6, 6.07) is 5.39. The van der Waals surface area contributed by atoms with E-state index in [1.54, 1.807) is 6.07 Å². The number of amides is 1. The largest absolute Gasteiger partial charge is 0.429 e. The number of oxazole rings is 1. The number of aromatic amines is 1. The molecule has 1 fully saturated rings. The Morgan fingerprint density at radius 1 is 1.35 bits per heavy atom. The van der Waals surface area contributed by atoms with Crippen molar-refractivity contribution in [2.24, 2.45) is 0 Å². The van der Waals surface area contributed by atoms with Gasteiger partial charge in [-0.2, -0.15) is 0 Å². The number of hydrogen-bond donors (Lipinski definition) is 1. The molecule has 0 radical (unpaired) electrons. The molecule has 1 amide bonds. The third-order valence-corrected chi connectivity index (χ3v) is 4.10. The van der Waals surface area contributed by atoms with Crippen molar-refractivity contribution < 1.29 is 13.9 Å². The number of benzene rings is 1. The van der Waals surface area contributed by atoms with Crippen LogP contribution in [0.25, 0.3) is 11.1 Å². The van der Waals surface area contributed by atoms with Crippen molar-refractivity contribution in [3.8, 4) is 0 Å². The quantitative estimate of drug-likeness (QED) is 0.846. The molecular formula is C17H22N2O3S. The van der Waals surface area contributed by atoms with Crippen LogP contribution in [0.1, 0.15) is 44.0 Å². The molecular weight excluding hydrogens is 312 g/mol.